The van der Waals surface area contributed by atoms with Crippen LogP contribution in [0.4, 0.5) is 0 Å². The van der Waals surface area contributed by atoms with E-state index in [4.69, 9.17) is 4.74 Å². The fourth-order valence-electron chi connectivity index (χ4n) is 3.88. The molecule has 3 heterocycles. The van der Waals surface area contributed by atoms with Crippen molar-refractivity contribution in [1.29, 1.82) is 0 Å². The largest absolute Gasteiger partial charge is 0.497 e. The predicted octanol–water partition coefficient (Wildman–Crippen LogP) is 1.11. The first kappa shape index (κ1) is 17.1. The number of fused-ring (bicyclic) bond motifs is 3. The summed E-state index contributed by atoms with van der Waals surface area (Å²) in [6.07, 6.45) is 0. The van der Waals surface area contributed by atoms with E-state index < -0.39 is 0 Å². The maximum absolute atomic E-state index is 13.1. The van der Waals surface area contributed by atoms with E-state index in [1.807, 2.05) is 36.7 Å². The van der Waals surface area contributed by atoms with Gasteiger partial charge >= 0.3 is 0 Å². The molecule has 1 fully saturated rings. The van der Waals surface area contributed by atoms with Gasteiger partial charge in [-0.15, -0.1) is 0 Å². The van der Waals surface area contributed by atoms with Gasteiger partial charge in [-0.05, 0) is 19.1 Å². The summed E-state index contributed by atoms with van der Waals surface area (Å²) in [6.45, 7) is 7.48. The highest BCUT2D eigenvalue weighted by atomic mass is 16.5. The Hall–Kier alpha value is -2.38. The summed E-state index contributed by atoms with van der Waals surface area (Å²) in [5.74, 6) is 0.785. The first-order valence-corrected chi connectivity index (χ1v) is 9.07. The fraction of sp³-hybridized carbons (Fsp3) is 0.474. The zero-order chi connectivity index (χ0) is 18.3. The molecule has 2 aromatic heterocycles. The monoisotopic (exact) mass is 355 g/mol. The van der Waals surface area contributed by atoms with Crippen LogP contribution in [0.5, 0.6) is 5.75 Å². The Morgan fingerprint density at radius 1 is 1.23 bits per heavy atom. The van der Waals surface area contributed by atoms with Gasteiger partial charge in [0.25, 0.3) is 5.56 Å². The zero-order valence-electron chi connectivity index (χ0n) is 15.6. The SMILES string of the molecule is COc1ccc2c3c(C)nn(CCN4CCNCC4)c(=O)c3n(C)c2c1. The Kier molecular flexibility index (Phi) is 4.42. The van der Waals surface area contributed by atoms with E-state index in [-0.39, 0.29) is 5.56 Å². The van der Waals surface area contributed by atoms with Gasteiger partial charge in [0.05, 0.1) is 24.9 Å². The van der Waals surface area contributed by atoms with Crippen molar-refractivity contribution in [3.63, 3.8) is 0 Å². The summed E-state index contributed by atoms with van der Waals surface area (Å²) in [5.41, 5.74) is 2.55. The Morgan fingerprint density at radius 2 is 2.00 bits per heavy atom. The van der Waals surface area contributed by atoms with E-state index in [1.54, 1.807) is 11.8 Å². The molecule has 138 valence electrons. The second-order valence-corrected chi connectivity index (χ2v) is 6.87. The molecule has 0 radical (unpaired) electrons. The molecule has 1 saturated heterocycles. The number of nitrogens with one attached hydrogen (secondary N) is 1. The molecule has 7 heteroatoms. The van der Waals surface area contributed by atoms with Gasteiger partial charge in [0.1, 0.15) is 11.3 Å². The van der Waals surface area contributed by atoms with Gasteiger partial charge in [-0.3, -0.25) is 9.69 Å². The summed E-state index contributed by atoms with van der Waals surface area (Å²) < 4.78 is 8.92. The van der Waals surface area contributed by atoms with Crippen LogP contribution >= 0.6 is 0 Å². The Morgan fingerprint density at radius 3 is 2.73 bits per heavy atom. The van der Waals surface area contributed by atoms with Crippen molar-refractivity contribution in [3.05, 3.63) is 34.2 Å². The zero-order valence-corrected chi connectivity index (χ0v) is 15.6. The van der Waals surface area contributed by atoms with Crippen LogP contribution in [-0.2, 0) is 13.6 Å². The van der Waals surface area contributed by atoms with Gasteiger partial charge in [-0.2, -0.15) is 5.10 Å². The molecule has 7 nitrogen and oxygen atoms in total. The van der Waals surface area contributed by atoms with E-state index in [2.05, 4.69) is 15.3 Å². The molecule has 4 rings (SSSR count). The van der Waals surface area contributed by atoms with Crippen LogP contribution in [0.2, 0.25) is 0 Å². The standard InChI is InChI=1S/C19H25N5O2/c1-13-17-15-5-4-14(26-3)12-16(15)22(2)18(17)19(25)24(21-13)11-10-23-8-6-20-7-9-23/h4-5,12,20H,6-11H2,1-3H3. The number of hydrogen-bond acceptors (Lipinski definition) is 5. The average Bonchev–Trinajstić information content (AvgIpc) is 2.97. The molecular weight excluding hydrogens is 330 g/mol. The predicted molar refractivity (Wildman–Crippen MR) is 103 cm³/mol. The molecular formula is C19H25N5O2. The van der Waals surface area contributed by atoms with Crippen molar-refractivity contribution < 1.29 is 4.74 Å². The number of benzene rings is 1. The highest BCUT2D eigenvalue weighted by Gasteiger charge is 2.18. The maximum Gasteiger partial charge on any atom is 0.291 e. The first-order chi connectivity index (χ1) is 12.6. The van der Waals surface area contributed by atoms with E-state index in [0.29, 0.717) is 12.1 Å². The molecule has 0 unspecified atom stereocenters. The van der Waals surface area contributed by atoms with Crippen molar-refractivity contribution >= 4 is 21.8 Å². The molecule has 1 aliphatic rings. The van der Waals surface area contributed by atoms with Crippen LogP contribution in [0, 0.1) is 6.92 Å². The Bertz CT molecular complexity index is 1010. The van der Waals surface area contributed by atoms with Gasteiger partial charge < -0.3 is 14.6 Å². The third-order valence-corrected chi connectivity index (χ3v) is 5.31. The smallest absolute Gasteiger partial charge is 0.291 e. The minimum absolute atomic E-state index is 0.0293. The second-order valence-electron chi connectivity index (χ2n) is 6.87. The highest BCUT2D eigenvalue weighted by molar-refractivity contribution is 6.09. The topological polar surface area (TPSA) is 64.3 Å². The number of aryl methyl sites for hydroxylation is 2. The van der Waals surface area contributed by atoms with Gasteiger partial charge in [0, 0.05) is 56.6 Å². The van der Waals surface area contributed by atoms with Crippen molar-refractivity contribution in [2.75, 3.05) is 39.8 Å². The number of nitrogens with zero attached hydrogens (tertiary/aromatic N) is 4. The van der Waals surface area contributed by atoms with E-state index in [9.17, 15) is 4.79 Å². The number of hydrogen-bond donors (Lipinski definition) is 1. The number of rotatable bonds is 4. The maximum atomic E-state index is 13.1. The lowest BCUT2D eigenvalue weighted by Gasteiger charge is -2.27. The van der Waals surface area contributed by atoms with Gasteiger partial charge in [0.2, 0.25) is 0 Å². The van der Waals surface area contributed by atoms with Gasteiger partial charge in [-0.25, -0.2) is 4.68 Å². The Balaban J connectivity index is 1.79. The van der Waals surface area contributed by atoms with Crippen molar-refractivity contribution in [2.24, 2.45) is 7.05 Å². The normalized spacial score (nSPS) is 15.8. The second kappa shape index (κ2) is 6.74. The van der Waals surface area contributed by atoms with Crippen LogP contribution in [0.1, 0.15) is 5.69 Å². The third-order valence-electron chi connectivity index (χ3n) is 5.31. The van der Waals surface area contributed by atoms with E-state index in [0.717, 1.165) is 60.5 Å². The summed E-state index contributed by atoms with van der Waals surface area (Å²) in [4.78, 5) is 15.5. The molecule has 0 saturated carbocycles. The molecule has 1 aliphatic heterocycles. The molecule has 0 bridgehead atoms. The van der Waals surface area contributed by atoms with Crippen molar-refractivity contribution in [3.8, 4) is 5.75 Å². The number of ether oxygens (including phenoxy) is 1. The molecule has 1 aromatic carbocycles. The molecule has 0 amide bonds. The van der Waals surface area contributed by atoms with Crippen LogP contribution in [0.15, 0.2) is 23.0 Å². The number of methoxy groups -OCH3 is 1. The molecule has 0 aliphatic carbocycles. The van der Waals surface area contributed by atoms with E-state index in [1.165, 1.54) is 0 Å². The fourth-order valence-corrected chi connectivity index (χ4v) is 3.88. The molecule has 26 heavy (non-hydrogen) atoms. The minimum atomic E-state index is -0.0293. The molecule has 1 N–H and O–H groups in total. The lowest BCUT2D eigenvalue weighted by atomic mass is 10.1. The molecule has 3 aromatic rings. The first-order valence-electron chi connectivity index (χ1n) is 9.07. The Labute approximate surface area is 152 Å². The van der Waals surface area contributed by atoms with Crippen LogP contribution in [0.3, 0.4) is 0 Å². The average molecular weight is 355 g/mol. The van der Waals surface area contributed by atoms with Crippen LogP contribution in [-0.4, -0.2) is 59.1 Å². The third kappa shape index (κ3) is 2.77. The van der Waals surface area contributed by atoms with Crippen molar-refractivity contribution in [1.82, 2.24) is 24.6 Å². The highest BCUT2D eigenvalue weighted by Crippen LogP contribution is 2.30. The lowest BCUT2D eigenvalue weighted by Crippen LogP contribution is -2.45. The van der Waals surface area contributed by atoms with E-state index >= 15 is 0 Å². The number of aromatic nitrogens is 3. The summed E-state index contributed by atoms with van der Waals surface area (Å²) in [6, 6.07) is 5.91. The quantitative estimate of drug-likeness (QED) is 0.760. The summed E-state index contributed by atoms with van der Waals surface area (Å²) in [5, 5.41) is 9.94. The summed E-state index contributed by atoms with van der Waals surface area (Å²) >= 11 is 0. The minimum Gasteiger partial charge on any atom is -0.497 e. The van der Waals surface area contributed by atoms with Crippen LogP contribution in [0.25, 0.3) is 21.8 Å². The van der Waals surface area contributed by atoms with Crippen LogP contribution < -0.4 is 15.6 Å². The lowest BCUT2D eigenvalue weighted by molar-refractivity contribution is 0.228. The molecule has 0 spiro atoms. The number of piperazine rings is 1. The van der Waals surface area contributed by atoms with Gasteiger partial charge in [-0.1, -0.05) is 0 Å². The van der Waals surface area contributed by atoms with Gasteiger partial charge in [0.15, 0.2) is 0 Å². The summed E-state index contributed by atoms with van der Waals surface area (Å²) in [7, 11) is 3.59. The molecule has 0 atom stereocenters. The van der Waals surface area contributed by atoms with Crippen molar-refractivity contribution in [2.45, 2.75) is 13.5 Å².